The van der Waals surface area contributed by atoms with Gasteiger partial charge >= 0.3 is 6.09 Å². The minimum Gasteiger partial charge on any atom is -0.444 e. The maximum absolute atomic E-state index is 12.0. The van der Waals surface area contributed by atoms with E-state index in [0.717, 1.165) is 0 Å². The van der Waals surface area contributed by atoms with Crippen molar-refractivity contribution in [1.82, 2.24) is 15.1 Å². The zero-order valence-electron chi connectivity index (χ0n) is 15.7. The number of hydrogen-bond donors (Lipinski definition) is 2. The molecule has 0 atom stereocenters. The predicted octanol–water partition coefficient (Wildman–Crippen LogP) is 0.769. The fraction of sp³-hybridized carbons (Fsp3) is 0.812. The highest BCUT2D eigenvalue weighted by atomic mass is 16.6. The van der Waals surface area contributed by atoms with Crippen LogP contribution in [-0.2, 0) is 9.53 Å². The fourth-order valence-corrected chi connectivity index (χ4v) is 2.16. The van der Waals surface area contributed by atoms with E-state index in [0.29, 0.717) is 32.1 Å². The van der Waals surface area contributed by atoms with Gasteiger partial charge in [0.2, 0.25) is 5.91 Å². The molecule has 0 aromatic rings. The van der Waals surface area contributed by atoms with Gasteiger partial charge in [0.05, 0.1) is 0 Å². The summed E-state index contributed by atoms with van der Waals surface area (Å²) < 4.78 is 5.35. The molecule has 0 radical (unpaired) electrons. The van der Waals surface area contributed by atoms with Crippen LogP contribution >= 0.6 is 0 Å². The number of ether oxygens (including phenoxy) is 1. The highest BCUT2D eigenvalue weighted by Crippen LogP contribution is 2.11. The van der Waals surface area contributed by atoms with Crippen LogP contribution in [0.4, 0.5) is 4.79 Å². The van der Waals surface area contributed by atoms with Crippen LogP contribution in [0, 0.1) is 0 Å². The van der Waals surface area contributed by atoms with Crippen LogP contribution in [0.1, 0.15) is 41.5 Å². The Morgan fingerprint density at radius 1 is 1.04 bits per heavy atom. The number of rotatable bonds is 2. The lowest BCUT2D eigenvalue weighted by Gasteiger charge is -2.36. The van der Waals surface area contributed by atoms with Gasteiger partial charge in [-0.3, -0.25) is 4.79 Å². The third-order valence-electron chi connectivity index (χ3n) is 3.15. The molecule has 1 rings (SSSR count). The van der Waals surface area contributed by atoms with E-state index in [1.807, 2.05) is 46.4 Å². The number of guanidine groups is 1. The molecule has 8 heteroatoms. The second-order valence-electron chi connectivity index (χ2n) is 7.93. The van der Waals surface area contributed by atoms with E-state index in [9.17, 15) is 9.59 Å². The number of carbonyl (C=O) groups is 2. The first-order valence-electron chi connectivity index (χ1n) is 8.21. The average molecular weight is 341 g/mol. The lowest BCUT2D eigenvalue weighted by molar-refractivity contribution is -0.121. The standard InChI is InChI=1S/C16H31N5O3/c1-15(2,3)19-12(22)11-18-13(17)20-7-9-21(10-8-20)14(23)24-16(4,5)6/h7-11H2,1-6H3,(H2,17,18)(H,19,22). The Hall–Kier alpha value is -1.99. The zero-order chi connectivity index (χ0) is 18.5. The number of nitrogens with two attached hydrogens (primary N) is 1. The summed E-state index contributed by atoms with van der Waals surface area (Å²) in [6.45, 7) is 13.4. The van der Waals surface area contributed by atoms with Crippen LogP contribution < -0.4 is 11.1 Å². The highest BCUT2D eigenvalue weighted by Gasteiger charge is 2.26. The topological polar surface area (TPSA) is 100 Å². The SMILES string of the molecule is CC(C)(C)NC(=O)CN=C(N)N1CCN(C(=O)OC(C)(C)C)CC1. The molecule has 0 aliphatic carbocycles. The van der Waals surface area contributed by atoms with Crippen molar-refractivity contribution in [2.75, 3.05) is 32.7 Å². The van der Waals surface area contributed by atoms with Gasteiger partial charge in [-0.1, -0.05) is 0 Å². The third kappa shape index (κ3) is 7.52. The molecule has 1 aliphatic heterocycles. The summed E-state index contributed by atoms with van der Waals surface area (Å²) in [4.78, 5) is 31.4. The van der Waals surface area contributed by atoms with Crippen LogP contribution in [0.3, 0.4) is 0 Å². The summed E-state index contributed by atoms with van der Waals surface area (Å²) in [7, 11) is 0. The molecule has 138 valence electrons. The van der Waals surface area contributed by atoms with E-state index in [1.165, 1.54) is 0 Å². The number of carbonyl (C=O) groups excluding carboxylic acids is 2. The summed E-state index contributed by atoms with van der Waals surface area (Å²) in [5.74, 6) is 0.153. The van der Waals surface area contributed by atoms with Crippen molar-refractivity contribution in [2.45, 2.75) is 52.7 Å². The Kier molecular flexibility index (Phi) is 6.45. The summed E-state index contributed by atoms with van der Waals surface area (Å²) in [5.41, 5.74) is 5.15. The second kappa shape index (κ2) is 7.72. The molecule has 1 saturated heterocycles. The summed E-state index contributed by atoms with van der Waals surface area (Å²) in [5, 5.41) is 2.83. The average Bonchev–Trinajstić information content (AvgIpc) is 2.41. The smallest absolute Gasteiger partial charge is 0.410 e. The minimum atomic E-state index is -0.505. The van der Waals surface area contributed by atoms with Crippen molar-refractivity contribution in [1.29, 1.82) is 0 Å². The Bertz CT molecular complexity index is 483. The molecule has 0 saturated carbocycles. The quantitative estimate of drug-likeness (QED) is 0.571. The molecule has 1 fully saturated rings. The summed E-state index contributed by atoms with van der Waals surface area (Å²) >= 11 is 0. The molecule has 24 heavy (non-hydrogen) atoms. The van der Waals surface area contributed by atoms with E-state index >= 15 is 0 Å². The van der Waals surface area contributed by atoms with Gasteiger partial charge in [0, 0.05) is 31.7 Å². The van der Waals surface area contributed by atoms with Crippen LogP contribution in [0.15, 0.2) is 4.99 Å². The molecule has 3 N–H and O–H groups in total. The van der Waals surface area contributed by atoms with Crippen LogP contribution in [0.5, 0.6) is 0 Å². The van der Waals surface area contributed by atoms with E-state index < -0.39 is 5.60 Å². The van der Waals surface area contributed by atoms with Crippen molar-refractivity contribution < 1.29 is 14.3 Å². The number of piperazine rings is 1. The normalized spacial score (nSPS) is 16.8. The second-order valence-corrected chi connectivity index (χ2v) is 7.93. The molecule has 1 aliphatic rings. The first-order chi connectivity index (χ1) is 10.9. The molecule has 2 amide bonds. The first kappa shape index (κ1) is 20.1. The molecular formula is C16H31N5O3. The van der Waals surface area contributed by atoms with Crippen molar-refractivity contribution >= 4 is 18.0 Å². The van der Waals surface area contributed by atoms with Gasteiger partial charge in [-0.05, 0) is 41.5 Å². The highest BCUT2D eigenvalue weighted by molar-refractivity contribution is 5.84. The van der Waals surface area contributed by atoms with Gasteiger partial charge in [0.15, 0.2) is 5.96 Å². The first-order valence-corrected chi connectivity index (χ1v) is 8.21. The van der Waals surface area contributed by atoms with E-state index in [-0.39, 0.29) is 24.1 Å². The summed E-state index contributed by atoms with van der Waals surface area (Å²) in [6.07, 6.45) is -0.317. The largest absolute Gasteiger partial charge is 0.444 e. The number of hydrogen-bond acceptors (Lipinski definition) is 4. The third-order valence-corrected chi connectivity index (χ3v) is 3.15. The van der Waals surface area contributed by atoms with Gasteiger partial charge < -0.3 is 25.6 Å². The Morgan fingerprint density at radius 2 is 1.54 bits per heavy atom. The molecule has 1 heterocycles. The van der Waals surface area contributed by atoms with Crippen LogP contribution in [0.25, 0.3) is 0 Å². The lowest BCUT2D eigenvalue weighted by Crippen LogP contribution is -2.53. The van der Waals surface area contributed by atoms with Gasteiger partial charge in [0.25, 0.3) is 0 Å². The van der Waals surface area contributed by atoms with Gasteiger partial charge in [-0.25, -0.2) is 9.79 Å². The number of nitrogens with one attached hydrogen (secondary N) is 1. The molecule has 8 nitrogen and oxygen atoms in total. The number of nitrogens with zero attached hydrogens (tertiary/aromatic N) is 3. The zero-order valence-corrected chi connectivity index (χ0v) is 15.7. The van der Waals surface area contributed by atoms with E-state index in [1.54, 1.807) is 4.90 Å². The van der Waals surface area contributed by atoms with Crippen molar-refractivity contribution in [3.8, 4) is 0 Å². The maximum Gasteiger partial charge on any atom is 0.410 e. The van der Waals surface area contributed by atoms with E-state index in [4.69, 9.17) is 10.5 Å². The fourth-order valence-electron chi connectivity index (χ4n) is 2.16. The molecular weight excluding hydrogens is 310 g/mol. The molecule has 0 aromatic carbocycles. The van der Waals surface area contributed by atoms with Crippen LogP contribution in [0.2, 0.25) is 0 Å². The molecule has 0 aromatic heterocycles. The Balaban J connectivity index is 2.45. The molecule has 0 unspecified atom stereocenters. The van der Waals surface area contributed by atoms with Gasteiger partial charge in [-0.15, -0.1) is 0 Å². The van der Waals surface area contributed by atoms with Crippen LogP contribution in [-0.4, -0.2) is 71.6 Å². The van der Waals surface area contributed by atoms with E-state index in [2.05, 4.69) is 10.3 Å². The summed E-state index contributed by atoms with van der Waals surface area (Å²) in [6, 6.07) is 0. The monoisotopic (exact) mass is 341 g/mol. The predicted molar refractivity (Wildman–Crippen MR) is 93.8 cm³/mol. The maximum atomic E-state index is 12.0. The molecule has 0 spiro atoms. The number of aliphatic imine (C=N–C) groups is 1. The van der Waals surface area contributed by atoms with Gasteiger partial charge in [-0.2, -0.15) is 0 Å². The van der Waals surface area contributed by atoms with Gasteiger partial charge in [0.1, 0.15) is 12.1 Å². The molecule has 0 bridgehead atoms. The Labute approximate surface area is 144 Å². The number of amides is 2. The van der Waals surface area contributed by atoms with Crippen molar-refractivity contribution in [2.24, 2.45) is 10.7 Å². The van der Waals surface area contributed by atoms with Crippen molar-refractivity contribution in [3.05, 3.63) is 0 Å². The lowest BCUT2D eigenvalue weighted by atomic mass is 10.1. The van der Waals surface area contributed by atoms with Crippen molar-refractivity contribution in [3.63, 3.8) is 0 Å². The minimum absolute atomic E-state index is 0.00458. The Morgan fingerprint density at radius 3 is 2.00 bits per heavy atom.